The molecule has 0 heterocycles. The van der Waals surface area contributed by atoms with E-state index in [2.05, 4.69) is 10.6 Å². The van der Waals surface area contributed by atoms with Gasteiger partial charge in [0.1, 0.15) is 6.17 Å². The SMILES string of the molecule is CC(C)NCCOCC(F)CNC(=O)C(C)C.[HH].[HH].[In]. The van der Waals surface area contributed by atoms with Gasteiger partial charge in [0.2, 0.25) is 5.91 Å². The number of rotatable bonds is 9. The molecular weight excluding hydrogens is 338 g/mol. The van der Waals surface area contributed by atoms with Gasteiger partial charge >= 0.3 is 0 Å². The second-order valence-electron chi connectivity index (χ2n) is 4.68. The fourth-order valence-electron chi connectivity index (χ4n) is 1.11. The Labute approximate surface area is 131 Å². The number of hydrogen-bond acceptors (Lipinski definition) is 3. The third-order valence-corrected chi connectivity index (χ3v) is 2.12. The van der Waals surface area contributed by atoms with Crippen LogP contribution in [0, 0.1) is 5.92 Å². The normalized spacial score (nSPS) is 12.4. The summed E-state index contributed by atoms with van der Waals surface area (Å²) in [6.07, 6.45) is -1.14. The van der Waals surface area contributed by atoms with Crippen molar-refractivity contribution in [3.63, 3.8) is 0 Å². The molecule has 0 aliphatic carbocycles. The van der Waals surface area contributed by atoms with Gasteiger partial charge in [-0.3, -0.25) is 4.79 Å². The molecule has 0 aromatic heterocycles. The van der Waals surface area contributed by atoms with Crippen LogP contribution < -0.4 is 10.6 Å². The van der Waals surface area contributed by atoms with Gasteiger partial charge in [-0.25, -0.2) is 4.39 Å². The van der Waals surface area contributed by atoms with Gasteiger partial charge in [-0.05, 0) is 0 Å². The Kier molecular flexibility index (Phi) is 13.9. The van der Waals surface area contributed by atoms with Crippen LogP contribution >= 0.6 is 0 Å². The quantitative estimate of drug-likeness (QED) is 0.603. The predicted octanol–water partition coefficient (Wildman–Crippen LogP) is 1.22. The van der Waals surface area contributed by atoms with Crippen LogP contribution in [0.4, 0.5) is 4.39 Å². The van der Waals surface area contributed by atoms with E-state index in [1.165, 1.54) is 0 Å². The van der Waals surface area contributed by atoms with Crippen LogP contribution in [0.15, 0.2) is 0 Å². The Morgan fingerprint density at radius 2 is 1.94 bits per heavy atom. The average Bonchev–Trinajstić information content (AvgIpc) is 2.24. The molecule has 0 aliphatic rings. The van der Waals surface area contributed by atoms with Gasteiger partial charge in [0.05, 0.1) is 19.8 Å². The van der Waals surface area contributed by atoms with E-state index in [1.54, 1.807) is 13.8 Å². The third-order valence-electron chi connectivity index (χ3n) is 2.12. The van der Waals surface area contributed by atoms with Crippen molar-refractivity contribution in [3.8, 4) is 0 Å². The monoisotopic (exact) mass is 367 g/mol. The molecule has 3 radical (unpaired) electrons. The maximum absolute atomic E-state index is 13.3. The first kappa shape index (κ1) is 20.5. The second-order valence-corrected chi connectivity index (χ2v) is 4.68. The molecular formula is C12H29FInN2O2. The minimum Gasteiger partial charge on any atom is -0.377 e. The summed E-state index contributed by atoms with van der Waals surface area (Å²) in [4.78, 5) is 11.2. The van der Waals surface area contributed by atoms with Gasteiger partial charge in [-0.1, -0.05) is 27.7 Å². The molecule has 0 saturated carbocycles. The third kappa shape index (κ3) is 12.6. The van der Waals surface area contributed by atoms with Crippen molar-refractivity contribution in [1.82, 2.24) is 10.6 Å². The number of nitrogens with one attached hydrogen (secondary N) is 2. The summed E-state index contributed by atoms with van der Waals surface area (Å²) in [6, 6.07) is 0.408. The summed E-state index contributed by atoms with van der Waals surface area (Å²) in [5.41, 5.74) is 0. The van der Waals surface area contributed by atoms with Crippen LogP contribution in [-0.4, -0.2) is 70.3 Å². The number of amides is 1. The fourth-order valence-corrected chi connectivity index (χ4v) is 1.11. The first-order valence-corrected chi connectivity index (χ1v) is 6.16. The molecule has 6 heteroatoms. The van der Waals surface area contributed by atoms with Crippen LogP contribution in [0.1, 0.15) is 30.5 Å². The number of carbonyl (C=O) groups excluding carboxylic acids is 1. The van der Waals surface area contributed by atoms with E-state index < -0.39 is 6.17 Å². The standard InChI is InChI=1S/C12H25FN2O2.In.2H2/c1-9(2)12(16)15-7-11(13)8-17-6-5-14-10(3)4;;;/h9-11,14H,5-8H2,1-4H3,(H,15,16);;2*1H. The topological polar surface area (TPSA) is 50.4 Å². The molecule has 18 heavy (non-hydrogen) atoms. The smallest absolute Gasteiger partial charge is 0.222 e. The predicted molar refractivity (Wildman–Crippen MR) is 76.7 cm³/mol. The summed E-state index contributed by atoms with van der Waals surface area (Å²) in [5.74, 6) is -0.243. The van der Waals surface area contributed by atoms with Gasteiger partial charge < -0.3 is 15.4 Å². The molecule has 0 rings (SSSR count). The molecule has 0 aliphatic heterocycles. The van der Waals surface area contributed by atoms with Crippen molar-refractivity contribution in [3.05, 3.63) is 0 Å². The Balaban J connectivity index is -0.000000427. The maximum Gasteiger partial charge on any atom is 0.222 e. The molecule has 0 bridgehead atoms. The molecule has 0 spiro atoms. The van der Waals surface area contributed by atoms with Crippen LogP contribution in [0.2, 0.25) is 0 Å². The van der Waals surface area contributed by atoms with E-state index >= 15 is 0 Å². The number of halogens is 1. The van der Waals surface area contributed by atoms with Gasteiger partial charge in [0.15, 0.2) is 0 Å². The summed E-state index contributed by atoms with van der Waals surface area (Å²) < 4.78 is 18.4. The van der Waals surface area contributed by atoms with Gasteiger partial charge in [0, 0.05) is 47.2 Å². The van der Waals surface area contributed by atoms with E-state index in [4.69, 9.17) is 4.74 Å². The van der Waals surface area contributed by atoms with Gasteiger partial charge in [-0.15, -0.1) is 0 Å². The molecule has 1 unspecified atom stereocenters. The van der Waals surface area contributed by atoms with E-state index in [-0.39, 0.29) is 53.7 Å². The molecule has 1 amide bonds. The zero-order chi connectivity index (χ0) is 13.3. The van der Waals surface area contributed by atoms with Crippen molar-refractivity contribution < 1.29 is 16.8 Å². The van der Waals surface area contributed by atoms with Gasteiger partial charge in [0.25, 0.3) is 0 Å². The summed E-state index contributed by atoms with van der Waals surface area (Å²) in [5, 5.41) is 5.70. The van der Waals surface area contributed by atoms with Crippen molar-refractivity contribution in [1.29, 1.82) is 0 Å². The van der Waals surface area contributed by atoms with Crippen molar-refractivity contribution in [2.45, 2.75) is 39.9 Å². The largest absolute Gasteiger partial charge is 0.377 e. The van der Waals surface area contributed by atoms with E-state index in [0.29, 0.717) is 19.2 Å². The maximum atomic E-state index is 13.3. The zero-order valence-corrected chi connectivity index (χ0v) is 15.1. The van der Waals surface area contributed by atoms with Crippen molar-refractivity contribution in [2.24, 2.45) is 5.92 Å². The molecule has 0 fully saturated rings. The molecule has 0 aromatic carbocycles. The summed E-state index contributed by atoms with van der Waals surface area (Å²) in [7, 11) is 0. The molecule has 109 valence electrons. The molecule has 0 aromatic rings. The van der Waals surface area contributed by atoms with Crippen LogP contribution in [0.25, 0.3) is 0 Å². The van der Waals surface area contributed by atoms with E-state index in [1.807, 2.05) is 13.8 Å². The average molecular weight is 367 g/mol. The first-order valence-electron chi connectivity index (χ1n) is 6.16. The van der Waals surface area contributed by atoms with Crippen LogP contribution in [-0.2, 0) is 9.53 Å². The Hall–Kier alpha value is 0.190. The van der Waals surface area contributed by atoms with Crippen molar-refractivity contribution >= 4 is 31.8 Å². The van der Waals surface area contributed by atoms with Crippen LogP contribution in [0.3, 0.4) is 0 Å². The second kappa shape index (κ2) is 12.2. The number of carbonyl (C=O) groups is 1. The zero-order valence-electron chi connectivity index (χ0n) is 11.8. The summed E-state index contributed by atoms with van der Waals surface area (Å²) >= 11 is 0. The Bertz CT molecular complexity index is 226. The van der Waals surface area contributed by atoms with Crippen molar-refractivity contribution in [2.75, 3.05) is 26.3 Å². The van der Waals surface area contributed by atoms with E-state index in [9.17, 15) is 9.18 Å². The Morgan fingerprint density at radius 3 is 2.44 bits per heavy atom. The molecule has 4 nitrogen and oxygen atoms in total. The van der Waals surface area contributed by atoms with Crippen LogP contribution in [0.5, 0.6) is 0 Å². The first-order chi connectivity index (χ1) is 7.93. The van der Waals surface area contributed by atoms with E-state index in [0.717, 1.165) is 0 Å². The number of alkyl halides is 1. The molecule has 1 atom stereocenters. The summed E-state index contributed by atoms with van der Waals surface area (Å²) in [6.45, 7) is 8.87. The minimum absolute atomic E-state index is 0. The molecule has 0 saturated heterocycles. The number of hydrogen-bond donors (Lipinski definition) is 2. The number of ether oxygens (including phenoxy) is 1. The minimum atomic E-state index is -1.14. The molecule has 2 N–H and O–H groups in total. The Morgan fingerprint density at radius 1 is 1.33 bits per heavy atom. The fraction of sp³-hybridized carbons (Fsp3) is 0.917. The van der Waals surface area contributed by atoms with Gasteiger partial charge in [-0.2, -0.15) is 0 Å².